The maximum atomic E-state index is 12.3. The number of nitrogens with zero attached hydrogens (tertiary/aromatic N) is 1. The zero-order chi connectivity index (χ0) is 13.9. The van der Waals surface area contributed by atoms with Crippen LogP contribution in [0.15, 0.2) is 12.1 Å². The molecule has 9 heteroatoms. The molecule has 1 heterocycles. The SMILES string of the molecule is O=C(O)c1ccc(C(F)(F)F)nc1NCC(F)F. The molecule has 0 amide bonds. The molecule has 0 saturated carbocycles. The summed E-state index contributed by atoms with van der Waals surface area (Å²) in [5, 5.41) is 10.5. The second-order valence-corrected chi connectivity index (χ2v) is 3.17. The van der Waals surface area contributed by atoms with E-state index in [0.29, 0.717) is 12.1 Å². The minimum absolute atomic E-state index is 0.469. The van der Waals surface area contributed by atoms with Crippen LogP contribution in [0.3, 0.4) is 0 Å². The Morgan fingerprint density at radius 1 is 1.39 bits per heavy atom. The van der Waals surface area contributed by atoms with E-state index in [1.54, 1.807) is 0 Å². The topological polar surface area (TPSA) is 62.2 Å². The fraction of sp³-hybridized carbons (Fsp3) is 0.333. The van der Waals surface area contributed by atoms with E-state index in [0.717, 1.165) is 0 Å². The smallest absolute Gasteiger partial charge is 0.433 e. The first-order chi connectivity index (χ1) is 8.21. The Morgan fingerprint density at radius 2 is 2.00 bits per heavy atom. The van der Waals surface area contributed by atoms with Gasteiger partial charge in [-0.25, -0.2) is 18.6 Å². The van der Waals surface area contributed by atoms with Crippen molar-refractivity contribution in [2.75, 3.05) is 11.9 Å². The maximum absolute atomic E-state index is 12.3. The number of halogens is 5. The van der Waals surface area contributed by atoms with Crippen molar-refractivity contribution in [3.63, 3.8) is 0 Å². The molecule has 0 aromatic carbocycles. The van der Waals surface area contributed by atoms with Gasteiger partial charge in [0.25, 0.3) is 6.43 Å². The number of hydrogen-bond acceptors (Lipinski definition) is 3. The van der Waals surface area contributed by atoms with Crippen molar-refractivity contribution >= 4 is 11.8 Å². The summed E-state index contributed by atoms with van der Waals surface area (Å²) in [6.45, 7) is -0.991. The lowest BCUT2D eigenvalue weighted by atomic mass is 10.2. The van der Waals surface area contributed by atoms with Crippen LogP contribution < -0.4 is 5.32 Å². The second-order valence-electron chi connectivity index (χ2n) is 3.17. The highest BCUT2D eigenvalue weighted by Crippen LogP contribution is 2.29. The van der Waals surface area contributed by atoms with Crippen molar-refractivity contribution in [1.29, 1.82) is 0 Å². The Kier molecular flexibility index (Phi) is 4.04. The number of hydrogen-bond donors (Lipinski definition) is 2. The molecule has 0 spiro atoms. The lowest BCUT2D eigenvalue weighted by Gasteiger charge is -2.11. The second kappa shape index (κ2) is 5.15. The van der Waals surface area contributed by atoms with Crippen LogP contribution in [-0.2, 0) is 6.18 Å². The fourth-order valence-corrected chi connectivity index (χ4v) is 1.10. The molecule has 0 aliphatic heterocycles. The van der Waals surface area contributed by atoms with Crippen molar-refractivity contribution in [1.82, 2.24) is 4.98 Å². The van der Waals surface area contributed by atoms with Crippen LogP contribution in [0.25, 0.3) is 0 Å². The van der Waals surface area contributed by atoms with Gasteiger partial charge in [0.2, 0.25) is 0 Å². The standard InChI is InChI=1S/C9H7F5N2O2/c10-6(11)3-15-7-4(8(17)18)1-2-5(16-7)9(12,13)14/h1-2,6H,3H2,(H,15,16)(H,17,18). The van der Waals surface area contributed by atoms with Crippen molar-refractivity contribution in [3.8, 4) is 0 Å². The molecule has 0 unspecified atom stereocenters. The Hall–Kier alpha value is -1.93. The van der Waals surface area contributed by atoms with E-state index in [-0.39, 0.29) is 0 Å². The maximum Gasteiger partial charge on any atom is 0.433 e. The predicted octanol–water partition coefficient (Wildman–Crippen LogP) is 2.48. The molecule has 0 fully saturated rings. The third kappa shape index (κ3) is 3.54. The summed E-state index contributed by atoms with van der Waals surface area (Å²) < 4.78 is 60.8. The summed E-state index contributed by atoms with van der Waals surface area (Å²) in [5.41, 5.74) is -1.96. The van der Waals surface area contributed by atoms with Gasteiger partial charge in [-0.2, -0.15) is 13.2 Å². The van der Waals surface area contributed by atoms with Crippen LogP contribution in [0, 0.1) is 0 Å². The fourth-order valence-electron chi connectivity index (χ4n) is 1.10. The van der Waals surface area contributed by atoms with Crippen LogP contribution in [-0.4, -0.2) is 29.0 Å². The molecule has 1 aromatic heterocycles. The Balaban J connectivity index is 3.12. The summed E-state index contributed by atoms with van der Waals surface area (Å²) in [5.74, 6) is -2.30. The number of aromatic carboxylic acids is 1. The van der Waals surface area contributed by atoms with E-state index in [1.807, 2.05) is 5.32 Å². The molecular weight excluding hydrogens is 263 g/mol. The van der Waals surface area contributed by atoms with Crippen LogP contribution in [0.5, 0.6) is 0 Å². The first-order valence-corrected chi connectivity index (χ1v) is 4.55. The van der Waals surface area contributed by atoms with Gasteiger partial charge in [-0.3, -0.25) is 0 Å². The molecule has 2 N–H and O–H groups in total. The molecule has 4 nitrogen and oxygen atoms in total. The summed E-state index contributed by atoms with van der Waals surface area (Å²) >= 11 is 0. The van der Waals surface area contributed by atoms with E-state index < -0.39 is 42.2 Å². The van der Waals surface area contributed by atoms with Gasteiger partial charge >= 0.3 is 12.1 Å². The lowest BCUT2D eigenvalue weighted by molar-refractivity contribution is -0.141. The molecule has 100 valence electrons. The molecule has 1 aromatic rings. The van der Waals surface area contributed by atoms with Crippen LogP contribution in [0.4, 0.5) is 27.8 Å². The van der Waals surface area contributed by atoms with Gasteiger partial charge in [-0.05, 0) is 12.1 Å². The minimum Gasteiger partial charge on any atom is -0.478 e. The number of carboxylic acids is 1. The third-order valence-electron chi connectivity index (χ3n) is 1.84. The van der Waals surface area contributed by atoms with E-state index in [4.69, 9.17) is 5.11 Å². The summed E-state index contributed by atoms with van der Waals surface area (Å²) in [6, 6.07) is 1.13. The van der Waals surface area contributed by atoms with Crippen molar-refractivity contribution in [2.24, 2.45) is 0 Å². The van der Waals surface area contributed by atoms with Gasteiger partial charge < -0.3 is 10.4 Å². The first kappa shape index (κ1) is 14.1. The number of alkyl halides is 5. The quantitative estimate of drug-likeness (QED) is 0.825. The number of aromatic nitrogens is 1. The van der Waals surface area contributed by atoms with Crippen molar-refractivity contribution in [3.05, 3.63) is 23.4 Å². The number of carbonyl (C=O) groups is 1. The molecule has 0 saturated heterocycles. The lowest BCUT2D eigenvalue weighted by Crippen LogP contribution is -2.17. The third-order valence-corrected chi connectivity index (χ3v) is 1.84. The van der Waals surface area contributed by atoms with E-state index in [2.05, 4.69) is 4.98 Å². The molecule has 0 atom stereocenters. The average molecular weight is 270 g/mol. The van der Waals surface area contributed by atoms with E-state index >= 15 is 0 Å². The molecule has 0 radical (unpaired) electrons. The summed E-state index contributed by atoms with van der Waals surface area (Å²) in [6.07, 6.45) is -7.62. The van der Waals surface area contributed by atoms with Gasteiger partial charge in [-0.15, -0.1) is 0 Å². The highest BCUT2D eigenvalue weighted by atomic mass is 19.4. The Bertz CT molecular complexity index is 447. The molecule has 18 heavy (non-hydrogen) atoms. The molecule has 1 rings (SSSR count). The average Bonchev–Trinajstić information content (AvgIpc) is 2.24. The van der Waals surface area contributed by atoms with Crippen LogP contribution >= 0.6 is 0 Å². The highest BCUT2D eigenvalue weighted by Gasteiger charge is 2.33. The minimum atomic E-state index is -4.78. The van der Waals surface area contributed by atoms with Crippen molar-refractivity contribution in [2.45, 2.75) is 12.6 Å². The largest absolute Gasteiger partial charge is 0.478 e. The zero-order valence-electron chi connectivity index (χ0n) is 8.63. The molecule has 0 aliphatic carbocycles. The zero-order valence-corrected chi connectivity index (χ0v) is 8.63. The highest BCUT2D eigenvalue weighted by molar-refractivity contribution is 5.93. The first-order valence-electron chi connectivity index (χ1n) is 4.55. The van der Waals surface area contributed by atoms with Crippen LogP contribution in [0.2, 0.25) is 0 Å². The molecule has 0 bridgehead atoms. The van der Waals surface area contributed by atoms with E-state index in [9.17, 15) is 26.7 Å². The monoisotopic (exact) mass is 270 g/mol. The number of carboxylic acid groups (broad SMARTS) is 1. The Labute approximate surface area is 97.4 Å². The summed E-state index contributed by atoms with van der Waals surface area (Å²) in [4.78, 5) is 13.7. The number of pyridine rings is 1. The molecular formula is C9H7F5N2O2. The summed E-state index contributed by atoms with van der Waals surface area (Å²) in [7, 11) is 0. The van der Waals surface area contributed by atoms with Gasteiger partial charge in [0.1, 0.15) is 17.1 Å². The number of anilines is 1. The number of nitrogens with one attached hydrogen (secondary N) is 1. The van der Waals surface area contributed by atoms with Gasteiger partial charge in [-0.1, -0.05) is 0 Å². The number of rotatable bonds is 4. The predicted molar refractivity (Wildman–Crippen MR) is 50.7 cm³/mol. The van der Waals surface area contributed by atoms with Gasteiger partial charge in [0.05, 0.1) is 6.54 Å². The van der Waals surface area contributed by atoms with Crippen LogP contribution in [0.1, 0.15) is 16.1 Å². The van der Waals surface area contributed by atoms with E-state index in [1.165, 1.54) is 0 Å². The van der Waals surface area contributed by atoms with Crippen molar-refractivity contribution < 1.29 is 31.9 Å². The Morgan fingerprint density at radius 3 is 2.44 bits per heavy atom. The normalized spacial score (nSPS) is 11.7. The van der Waals surface area contributed by atoms with Gasteiger partial charge in [0, 0.05) is 0 Å². The molecule has 0 aliphatic rings. The van der Waals surface area contributed by atoms with Gasteiger partial charge in [0.15, 0.2) is 0 Å².